The predicted octanol–water partition coefficient (Wildman–Crippen LogP) is 3.81. The molecule has 20 heavy (non-hydrogen) atoms. The number of halogens is 2. The summed E-state index contributed by atoms with van der Waals surface area (Å²) in [7, 11) is 1.59. The second kappa shape index (κ2) is 6.11. The number of anilines is 3. The van der Waals surface area contributed by atoms with Crippen LogP contribution < -0.4 is 15.8 Å². The summed E-state index contributed by atoms with van der Waals surface area (Å²) in [6.07, 6.45) is 0. The lowest BCUT2D eigenvalue weighted by atomic mass is 10.3. The highest BCUT2D eigenvalue weighted by molar-refractivity contribution is 9.11. The molecule has 3 N–H and O–H groups in total. The van der Waals surface area contributed by atoms with Crippen molar-refractivity contribution < 1.29 is 4.74 Å². The largest absolute Gasteiger partial charge is 0.495 e. The van der Waals surface area contributed by atoms with Gasteiger partial charge in [0.25, 0.3) is 0 Å². The van der Waals surface area contributed by atoms with Gasteiger partial charge in [0.1, 0.15) is 17.6 Å². The zero-order valence-corrected chi connectivity index (χ0v) is 13.6. The molecule has 0 unspecified atom stereocenters. The van der Waals surface area contributed by atoms with Gasteiger partial charge in [0, 0.05) is 10.5 Å². The quantitative estimate of drug-likeness (QED) is 0.822. The van der Waals surface area contributed by atoms with Crippen molar-refractivity contribution in [1.29, 1.82) is 5.26 Å². The van der Waals surface area contributed by atoms with Crippen LogP contribution in [0.5, 0.6) is 5.75 Å². The molecule has 0 aliphatic heterocycles. The van der Waals surface area contributed by atoms with Crippen molar-refractivity contribution in [2.45, 2.75) is 0 Å². The smallest absolute Gasteiger partial charge is 0.165 e. The van der Waals surface area contributed by atoms with Gasteiger partial charge in [-0.3, -0.25) is 0 Å². The van der Waals surface area contributed by atoms with E-state index in [4.69, 9.17) is 15.7 Å². The van der Waals surface area contributed by atoms with Crippen LogP contribution in [-0.2, 0) is 0 Å². The fourth-order valence-corrected chi connectivity index (χ4v) is 2.80. The number of aromatic nitrogens is 1. The molecule has 0 aliphatic carbocycles. The van der Waals surface area contributed by atoms with Crippen LogP contribution >= 0.6 is 31.9 Å². The second-order valence-electron chi connectivity index (χ2n) is 3.84. The third kappa shape index (κ3) is 3.03. The van der Waals surface area contributed by atoms with Crippen molar-refractivity contribution in [3.63, 3.8) is 0 Å². The molecular weight excluding hydrogens is 388 g/mol. The lowest BCUT2D eigenvalue weighted by Crippen LogP contribution is -2.00. The normalized spacial score (nSPS) is 9.90. The molecule has 0 saturated carbocycles. The van der Waals surface area contributed by atoms with Crippen LogP contribution in [0.4, 0.5) is 17.2 Å². The van der Waals surface area contributed by atoms with Gasteiger partial charge in [-0.1, -0.05) is 0 Å². The van der Waals surface area contributed by atoms with Crippen LogP contribution in [0.1, 0.15) is 5.69 Å². The summed E-state index contributed by atoms with van der Waals surface area (Å²) < 4.78 is 6.91. The van der Waals surface area contributed by atoms with Crippen molar-refractivity contribution >= 4 is 49.1 Å². The highest BCUT2D eigenvalue weighted by Crippen LogP contribution is 2.35. The van der Waals surface area contributed by atoms with E-state index in [2.05, 4.69) is 42.2 Å². The van der Waals surface area contributed by atoms with Crippen molar-refractivity contribution in [3.05, 3.63) is 38.9 Å². The Morgan fingerprint density at radius 3 is 2.70 bits per heavy atom. The molecule has 5 nitrogen and oxygen atoms in total. The average Bonchev–Trinajstić information content (AvgIpc) is 2.43. The standard InChI is InChI=1S/C13H10Br2N4O/c1-20-12-5-10(7(14)4-8(12)15)18-13-3-2-9(17)11(6-16)19-13/h2-5H,17H2,1H3,(H,18,19). The Bertz CT molecular complexity index is 698. The Labute approximate surface area is 133 Å². The summed E-state index contributed by atoms with van der Waals surface area (Å²) in [5.41, 5.74) is 6.95. The maximum absolute atomic E-state index is 8.93. The number of nitrogens with two attached hydrogens (primary N) is 1. The highest BCUT2D eigenvalue weighted by atomic mass is 79.9. The Morgan fingerprint density at radius 2 is 2.05 bits per heavy atom. The number of methoxy groups -OCH3 is 1. The molecular formula is C13H10Br2N4O. The van der Waals surface area contributed by atoms with Crippen LogP contribution in [0, 0.1) is 11.3 Å². The van der Waals surface area contributed by atoms with E-state index in [1.807, 2.05) is 18.2 Å². The Kier molecular flexibility index (Phi) is 4.47. The van der Waals surface area contributed by atoms with Crippen molar-refractivity contribution in [2.24, 2.45) is 0 Å². The summed E-state index contributed by atoms with van der Waals surface area (Å²) in [6.45, 7) is 0. The molecule has 2 rings (SSSR count). The van der Waals surface area contributed by atoms with E-state index in [1.54, 1.807) is 19.2 Å². The number of benzene rings is 1. The summed E-state index contributed by atoms with van der Waals surface area (Å²) in [5.74, 6) is 1.22. The van der Waals surface area contributed by atoms with E-state index in [0.29, 0.717) is 17.3 Å². The van der Waals surface area contributed by atoms with Gasteiger partial charge in [-0.2, -0.15) is 5.26 Å². The maximum Gasteiger partial charge on any atom is 0.165 e. The third-order valence-electron chi connectivity index (χ3n) is 2.54. The fraction of sp³-hybridized carbons (Fsp3) is 0.0769. The van der Waals surface area contributed by atoms with Gasteiger partial charge >= 0.3 is 0 Å². The van der Waals surface area contributed by atoms with Gasteiger partial charge in [-0.05, 0) is 50.1 Å². The van der Waals surface area contributed by atoms with Crippen LogP contribution in [0.2, 0.25) is 0 Å². The first-order chi connectivity index (χ1) is 9.55. The number of rotatable bonds is 3. The van der Waals surface area contributed by atoms with Crippen molar-refractivity contribution in [2.75, 3.05) is 18.2 Å². The molecule has 0 fully saturated rings. The molecule has 0 bridgehead atoms. The SMILES string of the molecule is COc1cc(Nc2ccc(N)c(C#N)n2)c(Br)cc1Br. The number of hydrogen-bond acceptors (Lipinski definition) is 5. The molecule has 1 aromatic carbocycles. The number of nitrogens with zero attached hydrogens (tertiary/aromatic N) is 2. The molecule has 7 heteroatoms. The molecule has 0 spiro atoms. The van der Waals surface area contributed by atoms with Crippen LogP contribution in [0.3, 0.4) is 0 Å². The Morgan fingerprint density at radius 1 is 1.30 bits per heavy atom. The van der Waals surface area contributed by atoms with Gasteiger partial charge in [0.2, 0.25) is 0 Å². The minimum atomic E-state index is 0.190. The highest BCUT2D eigenvalue weighted by Gasteiger charge is 2.09. The summed E-state index contributed by atoms with van der Waals surface area (Å²) in [6, 6.07) is 8.97. The predicted molar refractivity (Wildman–Crippen MR) is 85.0 cm³/mol. The minimum absolute atomic E-state index is 0.190. The molecule has 102 valence electrons. The molecule has 0 saturated heterocycles. The van der Waals surface area contributed by atoms with E-state index in [9.17, 15) is 0 Å². The van der Waals surface area contributed by atoms with E-state index < -0.39 is 0 Å². The maximum atomic E-state index is 8.93. The fourth-order valence-electron chi connectivity index (χ4n) is 1.55. The number of nitriles is 1. The Hall–Kier alpha value is -1.78. The topological polar surface area (TPSA) is 84.0 Å². The van der Waals surface area contributed by atoms with E-state index in [1.165, 1.54) is 0 Å². The summed E-state index contributed by atoms with van der Waals surface area (Å²) >= 11 is 6.85. The number of hydrogen-bond donors (Lipinski definition) is 2. The van der Waals surface area contributed by atoms with Gasteiger partial charge < -0.3 is 15.8 Å². The summed E-state index contributed by atoms with van der Waals surface area (Å²) in [5, 5.41) is 12.0. The summed E-state index contributed by atoms with van der Waals surface area (Å²) in [4.78, 5) is 4.13. The van der Waals surface area contributed by atoms with E-state index in [0.717, 1.165) is 14.6 Å². The molecule has 0 aliphatic rings. The van der Waals surface area contributed by atoms with Crippen molar-refractivity contribution in [1.82, 2.24) is 4.98 Å². The van der Waals surface area contributed by atoms with Crippen LogP contribution in [0.15, 0.2) is 33.2 Å². The first-order valence-corrected chi connectivity index (χ1v) is 7.10. The van der Waals surface area contributed by atoms with Crippen molar-refractivity contribution in [3.8, 4) is 11.8 Å². The van der Waals surface area contributed by atoms with Gasteiger partial charge in [0.05, 0.1) is 23.0 Å². The average molecular weight is 398 g/mol. The molecule has 1 heterocycles. The number of nitrogens with one attached hydrogen (secondary N) is 1. The lowest BCUT2D eigenvalue weighted by molar-refractivity contribution is 0.412. The zero-order chi connectivity index (χ0) is 14.7. The molecule has 0 atom stereocenters. The van der Waals surface area contributed by atoms with Gasteiger partial charge in [-0.25, -0.2) is 4.98 Å². The minimum Gasteiger partial charge on any atom is -0.495 e. The monoisotopic (exact) mass is 396 g/mol. The molecule has 0 amide bonds. The zero-order valence-electron chi connectivity index (χ0n) is 10.4. The van der Waals surface area contributed by atoms with Crippen LogP contribution in [-0.4, -0.2) is 12.1 Å². The third-order valence-corrected chi connectivity index (χ3v) is 3.81. The van der Waals surface area contributed by atoms with E-state index >= 15 is 0 Å². The van der Waals surface area contributed by atoms with Crippen LogP contribution in [0.25, 0.3) is 0 Å². The second-order valence-corrected chi connectivity index (χ2v) is 5.55. The number of ether oxygens (including phenoxy) is 1. The lowest BCUT2D eigenvalue weighted by Gasteiger charge is -2.11. The molecule has 0 radical (unpaired) electrons. The first kappa shape index (κ1) is 14.6. The first-order valence-electron chi connectivity index (χ1n) is 5.52. The van der Waals surface area contributed by atoms with Gasteiger partial charge in [0.15, 0.2) is 5.69 Å². The molecule has 2 aromatic rings. The number of pyridine rings is 1. The Balaban J connectivity index is 2.37. The number of nitrogen functional groups attached to an aromatic ring is 1. The van der Waals surface area contributed by atoms with Gasteiger partial charge in [-0.15, -0.1) is 0 Å². The van der Waals surface area contributed by atoms with E-state index in [-0.39, 0.29) is 5.69 Å². The molecule has 1 aromatic heterocycles.